The van der Waals surface area contributed by atoms with Crippen LogP contribution in [0.2, 0.25) is 0 Å². The highest BCUT2D eigenvalue weighted by molar-refractivity contribution is 5.94. The third-order valence-corrected chi connectivity index (χ3v) is 3.90. The van der Waals surface area contributed by atoms with Crippen molar-refractivity contribution in [1.82, 2.24) is 15.1 Å². The molecule has 0 aliphatic heterocycles. The lowest BCUT2D eigenvalue weighted by atomic mass is 10.1. The molecule has 1 heterocycles. The molecule has 0 aliphatic rings. The van der Waals surface area contributed by atoms with E-state index >= 15 is 0 Å². The molecule has 126 valence electrons. The quantitative estimate of drug-likeness (QED) is 0.706. The van der Waals surface area contributed by atoms with Gasteiger partial charge in [0.2, 0.25) is 0 Å². The Morgan fingerprint density at radius 2 is 1.76 bits per heavy atom. The summed E-state index contributed by atoms with van der Waals surface area (Å²) >= 11 is 0. The summed E-state index contributed by atoms with van der Waals surface area (Å²) in [6, 6.07) is 20.3. The molecule has 0 fully saturated rings. The molecule has 1 amide bonds. The molecule has 0 saturated carbocycles. The fraction of sp³-hybridized carbons (Fsp3) is 0.150. The molecule has 3 aromatic rings. The van der Waals surface area contributed by atoms with Gasteiger partial charge in [0.25, 0.3) is 5.91 Å². The maximum atomic E-state index is 12.5. The van der Waals surface area contributed by atoms with Crippen LogP contribution in [0.1, 0.15) is 21.7 Å². The minimum absolute atomic E-state index is 0.293. The maximum Gasteiger partial charge on any atom is 0.272 e. The lowest BCUT2D eigenvalue weighted by Crippen LogP contribution is -2.37. The SMILES string of the molecule is Cc1cc(C(=O)N[C@H](C=O)Cc2ccccc2)nn1-c1ccccc1. The second-order valence-electron chi connectivity index (χ2n) is 5.82. The average Bonchev–Trinajstić information content (AvgIpc) is 3.04. The number of hydrogen-bond donors (Lipinski definition) is 1. The van der Waals surface area contributed by atoms with E-state index in [0.717, 1.165) is 23.2 Å². The molecule has 1 N–H and O–H groups in total. The van der Waals surface area contributed by atoms with Gasteiger partial charge in [0.15, 0.2) is 5.69 Å². The van der Waals surface area contributed by atoms with E-state index < -0.39 is 6.04 Å². The van der Waals surface area contributed by atoms with Crippen LogP contribution in [0.15, 0.2) is 66.7 Å². The molecule has 3 rings (SSSR count). The summed E-state index contributed by atoms with van der Waals surface area (Å²) in [7, 11) is 0. The first-order valence-electron chi connectivity index (χ1n) is 8.09. The van der Waals surface area contributed by atoms with Gasteiger partial charge in [-0.05, 0) is 37.1 Å². The number of aryl methyl sites for hydroxylation is 1. The van der Waals surface area contributed by atoms with Gasteiger partial charge in [-0.3, -0.25) is 4.79 Å². The van der Waals surface area contributed by atoms with Crippen LogP contribution in [0.5, 0.6) is 0 Å². The van der Waals surface area contributed by atoms with Crippen LogP contribution in [-0.2, 0) is 11.2 Å². The fourth-order valence-corrected chi connectivity index (χ4v) is 2.66. The molecule has 25 heavy (non-hydrogen) atoms. The zero-order chi connectivity index (χ0) is 17.6. The summed E-state index contributed by atoms with van der Waals surface area (Å²) in [5, 5.41) is 7.10. The Balaban J connectivity index is 1.73. The first-order valence-corrected chi connectivity index (χ1v) is 8.09. The largest absolute Gasteiger partial charge is 0.341 e. The minimum atomic E-state index is -0.586. The van der Waals surface area contributed by atoms with Crippen LogP contribution < -0.4 is 5.32 Å². The second-order valence-corrected chi connectivity index (χ2v) is 5.82. The highest BCUT2D eigenvalue weighted by Gasteiger charge is 2.17. The number of aromatic nitrogens is 2. The van der Waals surface area contributed by atoms with E-state index in [9.17, 15) is 9.59 Å². The number of carbonyl (C=O) groups excluding carboxylic acids is 2. The molecule has 1 aromatic heterocycles. The van der Waals surface area contributed by atoms with Crippen LogP contribution in [0.4, 0.5) is 0 Å². The molecule has 0 aliphatic carbocycles. The summed E-state index contributed by atoms with van der Waals surface area (Å²) in [5.74, 6) is -0.356. The molecule has 5 nitrogen and oxygen atoms in total. The number of nitrogens with one attached hydrogen (secondary N) is 1. The Bertz CT molecular complexity index is 857. The maximum absolute atomic E-state index is 12.5. The number of aldehydes is 1. The number of rotatable bonds is 6. The van der Waals surface area contributed by atoms with E-state index in [-0.39, 0.29) is 5.91 Å². The Morgan fingerprint density at radius 1 is 1.12 bits per heavy atom. The summed E-state index contributed by atoms with van der Waals surface area (Å²) in [6.07, 6.45) is 1.21. The number of para-hydroxylation sites is 1. The molecule has 5 heteroatoms. The van der Waals surface area contributed by atoms with Gasteiger partial charge >= 0.3 is 0 Å². The van der Waals surface area contributed by atoms with Gasteiger partial charge in [0.05, 0.1) is 11.7 Å². The smallest absolute Gasteiger partial charge is 0.272 e. The van der Waals surface area contributed by atoms with Crippen LogP contribution in [-0.4, -0.2) is 28.0 Å². The van der Waals surface area contributed by atoms with Crippen molar-refractivity contribution in [1.29, 1.82) is 0 Å². The first-order chi connectivity index (χ1) is 12.2. The van der Waals surface area contributed by atoms with E-state index in [2.05, 4.69) is 10.4 Å². The Labute approximate surface area is 146 Å². The monoisotopic (exact) mass is 333 g/mol. The third kappa shape index (κ3) is 4.01. The number of benzene rings is 2. The number of hydrogen-bond acceptors (Lipinski definition) is 3. The van der Waals surface area contributed by atoms with Crippen molar-refractivity contribution in [3.05, 3.63) is 83.7 Å². The molecule has 0 spiro atoms. The third-order valence-electron chi connectivity index (χ3n) is 3.90. The lowest BCUT2D eigenvalue weighted by Gasteiger charge is -2.11. The van der Waals surface area contributed by atoms with Crippen molar-refractivity contribution in [3.63, 3.8) is 0 Å². The molecule has 1 atom stereocenters. The Morgan fingerprint density at radius 3 is 2.40 bits per heavy atom. The summed E-state index contributed by atoms with van der Waals surface area (Å²) in [5.41, 5.74) is 3.02. The average molecular weight is 333 g/mol. The van der Waals surface area contributed by atoms with Crippen molar-refractivity contribution in [3.8, 4) is 5.69 Å². The molecule has 0 unspecified atom stereocenters. The highest BCUT2D eigenvalue weighted by Crippen LogP contribution is 2.12. The van der Waals surface area contributed by atoms with E-state index in [1.165, 1.54) is 0 Å². The molecular formula is C20H19N3O2. The predicted octanol–water partition coefficient (Wildman–Crippen LogP) is 2.72. The van der Waals surface area contributed by atoms with E-state index in [1.807, 2.05) is 67.6 Å². The minimum Gasteiger partial charge on any atom is -0.341 e. The zero-order valence-corrected chi connectivity index (χ0v) is 13.9. The second kappa shape index (κ2) is 7.57. The topological polar surface area (TPSA) is 64.0 Å². The van der Waals surface area contributed by atoms with Gasteiger partial charge in [-0.25, -0.2) is 4.68 Å². The first kappa shape index (κ1) is 16.6. The fourth-order valence-electron chi connectivity index (χ4n) is 2.66. The van der Waals surface area contributed by atoms with Crippen molar-refractivity contribution in [2.75, 3.05) is 0 Å². The summed E-state index contributed by atoms with van der Waals surface area (Å²) in [6.45, 7) is 1.89. The summed E-state index contributed by atoms with van der Waals surface area (Å²) < 4.78 is 1.71. The number of nitrogens with zero attached hydrogens (tertiary/aromatic N) is 2. The van der Waals surface area contributed by atoms with Gasteiger partial charge in [-0.1, -0.05) is 48.5 Å². The lowest BCUT2D eigenvalue weighted by molar-refractivity contribution is -0.109. The van der Waals surface area contributed by atoms with Gasteiger partial charge in [-0.15, -0.1) is 0 Å². The Hall–Kier alpha value is -3.21. The van der Waals surface area contributed by atoms with Crippen molar-refractivity contribution >= 4 is 12.2 Å². The normalized spacial score (nSPS) is 11.7. The summed E-state index contributed by atoms with van der Waals surface area (Å²) in [4.78, 5) is 23.8. The van der Waals surface area contributed by atoms with Crippen molar-refractivity contribution in [2.45, 2.75) is 19.4 Å². The predicted molar refractivity (Wildman–Crippen MR) is 95.8 cm³/mol. The molecule has 0 radical (unpaired) electrons. The Kier molecular flexibility index (Phi) is 5.04. The number of carbonyl (C=O) groups is 2. The van der Waals surface area contributed by atoms with Crippen molar-refractivity contribution in [2.24, 2.45) is 0 Å². The molecule has 0 saturated heterocycles. The van der Waals surface area contributed by atoms with Gasteiger partial charge in [0.1, 0.15) is 6.29 Å². The van der Waals surface area contributed by atoms with E-state index in [4.69, 9.17) is 0 Å². The molecule has 2 aromatic carbocycles. The van der Waals surface area contributed by atoms with Gasteiger partial charge < -0.3 is 10.1 Å². The van der Waals surface area contributed by atoms with Crippen LogP contribution in [0.25, 0.3) is 5.69 Å². The van der Waals surface area contributed by atoms with Gasteiger partial charge in [0, 0.05) is 5.69 Å². The highest BCUT2D eigenvalue weighted by atomic mass is 16.2. The van der Waals surface area contributed by atoms with Crippen LogP contribution in [0.3, 0.4) is 0 Å². The van der Waals surface area contributed by atoms with E-state index in [1.54, 1.807) is 10.7 Å². The van der Waals surface area contributed by atoms with Crippen LogP contribution in [0, 0.1) is 6.92 Å². The molecule has 0 bridgehead atoms. The standard InChI is InChI=1S/C20H19N3O2/c1-15-12-19(22-23(15)18-10-6-3-7-11-18)20(25)21-17(14-24)13-16-8-4-2-5-9-16/h2-12,14,17H,13H2,1H3,(H,21,25)/t17-/m0/s1. The number of amides is 1. The zero-order valence-electron chi connectivity index (χ0n) is 13.9. The van der Waals surface area contributed by atoms with Gasteiger partial charge in [-0.2, -0.15) is 5.10 Å². The van der Waals surface area contributed by atoms with Crippen molar-refractivity contribution < 1.29 is 9.59 Å². The van der Waals surface area contributed by atoms with E-state index in [0.29, 0.717) is 12.1 Å². The molecular weight excluding hydrogens is 314 g/mol. The van der Waals surface area contributed by atoms with Crippen LogP contribution >= 0.6 is 0 Å².